The highest BCUT2D eigenvalue weighted by Gasteiger charge is 2.53. The van der Waals surface area contributed by atoms with E-state index < -0.39 is 42.5 Å². The maximum Gasteiger partial charge on any atom is 0.414 e. The second-order valence-corrected chi connectivity index (χ2v) is 3.87. The molecule has 1 fully saturated rings. The van der Waals surface area contributed by atoms with Gasteiger partial charge in [0.05, 0.1) is 13.2 Å². The first-order valence-corrected chi connectivity index (χ1v) is 4.79. The zero-order valence-corrected chi connectivity index (χ0v) is 8.66. The summed E-state index contributed by atoms with van der Waals surface area (Å²) in [6, 6.07) is 0. The molecule has 1 aliphatic rings. The second-order valence-electron chi connectivity index (χ2n) is 3.87. The molecule has 17 heavy (non-hydrogen) atoms. The van der Waals surface area contributed by atoms with Gasteiger partial charge in [-0.25, -0.2) is 0 Å². The third kappa shape index (κ3) is 2.75. The van der Waals surface area contributed by atoms with Crippen LogP contribution in [0.25, 0.3) is 0 Å². The zero-order valence-electron chi connectivity index (χ0n) is 8.66. The van der Waals surface area contributed by atoms with Crippen molar-refractivity contribution < 1.29 is 37.7 Å². The van der Waals surface area contributed by atoms with Crippen LogP contribution in [0.5, 0.6) is 0 Å². The molecule has 0 saturated carbocycles. The third-order valence-electron chi connectivity index (χ3n) is 2.68. The molecule has 1 heterocycles. The van der Waals surface area contributed by atoms with E-state index in [0.29, 0.717) is 0 Å². The Morgan fingerprint density at radius 1 is 1.53 bits per heavy atom. The van der Waals surface area contributed by atoms with Gasteiger partial charge in [-0.2, -0.15) is 13.2 Å². The summed E-state index contributed by atoms with van der Waals surface area (Å²) >= 11 is 0. The Labute approximate surface area is 94.2 Å². The van der Waals surface area contributed by atoms with Crippen molar-refractivity contribution in [3.63, 3.8) is 0 Å². The van der Waals surface area contributed by atoms with Gasteiger partial charge in [0.1, 0.15) is 0 Å². The Morgan fingerprint density at radius 3 is 2.53 bits per heavy atom. The van der Waals surface area contributed by atoms with E-state index in [2.05, 4.69) is 0 Å². The molecule has 0 aromatic rings. The van der Waals surface area contributed by atoms with E-state index in [9.17, 15) is 22.8 Å². The fraction of sp³-hybridized carbons (Fsp3) is 0.778. The van der Waals surface area contributed by atoms with E-state index in [1.54, 1.807) is 0 Å². The Morgan fingerprint density at radius 2 is 2.12 bits per heavy atom. The standard InChI is InChI=1S/C9H11F3O5/c10-9(11,12)6(14)3-8(7(15)16)4-17-2-1-5(8)13/h6,14H,1-4H2,(H,15,16). The van der Waals surface area contributed by atoms with Crippen LogP contribution in [0.3, 0.4) is 0 Å². The van der Waals surface area contributed by atoms with Gasteiger partial charge in [0.2, 0.25) is 0 Å². The average Bonchev–Trinajstić information content (AvgIpc) is 2.19. The van der Waals surface area contributed by atoms with Crippen molar-refractivity contribution >= 4 is 11.8 Å². The minimum Gasteiger partial charge on any atom is -0.480 e. The number of carboxylic acids is 1. The van der Waals surface area contributed by atoms with Crippen LogP contribution in [-0.2, 0) is 14.3 Å². The van der Waals surface area contributed by atoms with E-state index in [0.717, 1.165) is 0 Å². The van der Waals surface area contributed by atoms with E-state index in [1.165, 1.54) is 0 Å². The first-order valence-electron chi connectivity index (χ1n) is 4.79. The number of Topliss-reactive ketones (excluding diaryl/α,β-unsaturated/α-hetero) is 1. The van der Waals surface area contributed by atoms with Crippen LogP contribution in [0.1, 0.15) is 12.8 Å². The first kappa shape index (κ1) is 13.9. The largest absolute Gasteiger partial charge is 0.480 e. The summed E-state index contributed by atoms with van der Waals surface area (Å²) in [5, 5.41) is 17.8. The number of ether oxygens (including phenoxy) is 1. The smallest absolute Gasteiger partial charge is 0.414 e. The number of carbonyl (C=O) groups is 2. The molecule has 0 spiro atoms. The van der Waals surface area contributed by atoms with Crippen LogP contribution in [0.15, 0.2) is 0 Å². The lowest BCUT2D eigenvalue weighted by Gasteiger charge is -2.33. The molecule has 0 amide bonds. The van der Waals surface area contributed by atoms with Gasteiger partial charge in [-0.15, -0.1) is 0 Å². The lowest BCUT2D eigenvalue weighted by atomic mass is 9.76. The topological polar surface area (TPSA) is 83.8 Å². The number of carbonyl (C=O) groups excluding carboxylic acids is 1. The van der Waals surface area contributed by atoms with Gasteiger partial charge in [0, 0.05) is 12.8 Å². The summed E-state index contributed by atoms with van der Waals surface area (Å²) in [7, 11) is 0. The third-order valence-corrected chi connectivity index (χ3v) is 2.68. The predicted molar refractivity (Wildman–Crippen MR) is 47.2 cm³/mol. The monoisotopic (exact) mass is 256 g/mol. The molecule has 2 atom stereocenters. The molecule has 8 heteroatoms. The van der Waals surface area contributed by atoms with Crippen molar-refractivity contribution in [3.8, 4) is 0 Å². The number of alkyl halides is 3. The van der Waals surface area contributed by atoms with Crippen LogP contribution in [0.2, 0.25) is 0 Å². The fourth-order valence-electron chi connectivity index (χ4n) is 1.62. The van der Waals surface area contributed by atoms with E-state index in [1.807, 2.05) is 0 Å². The summed E-state index contributed by atoms with van der Waals surface area (Å²) in [6.07, 6.45) is -9.30. The molecule has 1 rings (SSSR count). The van der Waals surface area contributed by atoms with Crippen molar-refractivity contribution in [1.29, 1.82) is 0 Å². The van der Waals surface area contributed by atoms with Gasteiger partial charge >= 0.3 is 12.1 Å². The number of hydrogen-bond acceptors (Lipinski definition) is 4. The summed E-state index contributed by atoms with van der Waals surface area (Å²) in [6.45, 7) is -0.662. The van der Waals surface area contributed by atoms with Gasteiger partial charge in [-0.1, -0.05) is 0 Å². The number of aliphatic hydroxyl groups is 1. The number of aliphatic hydroxyl groups excluding tert-OH is 1. The van der Waals surface area contributed by atoms with E-state index in [-0.39, 0.29) is 13.0 Å². The normalized spacial score (nSPS) is 27.9. The molecule has 2 N–H and O–H groups in total. The quantitative estimate of drug-likeness (QED) is 0.712. The molecular weight excluding hydrogens is 245 g/mol. The number of ketones is 1. The van der Waals surface area contributed by atoms with Gasteiger partial charge < -0.3 is 14.9 Å². The Kier molecular flexibility index (Phi) is 3.78. The van der Waals surface area contributed by atoms with Crippen molar-refractivity contribution in [2.24, 2.45) is 5.41 Å². The number of rotatable bonds is 3. The fourth-order valence-corrected chi connectivity index (χ4v) is 1.62. The van der Waals surface area contributed by atoms with Gasteiger partial charge in [0.25, 0.3) is 0 Å². The zero-order chi connectivity index (χ0) is 13.3. The van der Waals surface area contributed by atoms with Crippen LogP contribution >= 0.6 is 0 Å². The molecule has 0 aliphatic carbocycles. The summed E-state index contributed by atoms with van der Waals surface area (Å²) in [5.41, 5.74) is -2.30. The number of hydrogen-bond donors (Lipinski definition) is 2. The van der Waals surface area contributed by atoms with Crippen molar-refractivity contribution in [1.82, 2.24) is 0 Å². The number of aliphatic carboxylic acids is 1. The Hall–Kier alpha value is -1.15. The van der Waals surface area contributed by atoms with Crippen molar-refractivity contribution in [3.05, 3.63) is 0 Å². The molecule has 5 nitrogen and oxygen atoms in total. The maximum absolute atomic E-state index is 12.2. The second kappa shape index (κ2) is 4.61. The predicted octanol–water partition coefficient (Wildman–Crippen LogP) is 0.360. The molecule has 2 unspecified atom stereocenters. The molecule has 0 radical (unpaired) electrons. The lowest BCUT2D eigenvalue weighted by Crippen LogP contribution is -2.51. The molecular formula is C9H11F3O5. The average molecular weight is 256 g/mol. The SMILES string of the molecule is O=C(O)C1(CC(O)C(F)(F)F)COCCC1=O. The molecule has 1 aliphatic heterocycles. The maximum atomic E-state index is 12.2. The Balaban J connectivity index is 2.93. The first-order chi connectivity index (χ1) is 7.70. The summed E-state index contributed by atoms with van der Waals surface area (Å²) in [4.78, 5) is 22.5. The lowest BCUT2D eigenvalue weighted by molar-refractivity contribution is -0.217. The van der Waals surface area contributed by atoms with E-state index >= 15 is 0 Å². The number of halogens is 3. The molecule has 0 aromatic carbocycles. The van der Waals surface area contributed by atoms with Gasteiger partial charge in [0.15, 0.2) is 17.3 Å². The minimum atomic E-state index is -4.96. The highest BCUT2D eigenvalue weighted by molar-refractivity contribution is 6.03. The van der Waals surface area contributed by atoms with E-state index in [4.69, 9.17) is 14.9 Å². The highest BCUT2D eigenvalue weighted by atomic mass is 19.4. The summed E-state index contributed by atoms with van der Waals surface area (Å²) < 4.78 is 41.3. The van der Waals surface area contributed by atoms with Crippen LogP contribution in [0, 0.1) is 5.41 Å². The van der Waals surface area contributed by atoms with Gasteiger partial charge in [-0.05, 0) is 0 Å². The Bertz CT molecular complexity index is 327. The summed E-state index contributed by atoms with van der Waals surface area (Å²) in [5.74, 6) is -2.55. The molecule has 0 bridgehead atoms. The van der Waals surface area contributed by atoms with Gasteiger partial charge in [-0.3, -0.25) is 9.59 Å². The minimum absolute atomic E-state index is 0.0179. The molecule has 1 saturated heterocycles. The number of carboxylic acid groups (broad SMARTS) is 1. The van der Waals surface area contributed by atoms with Crippen LogP contribution < -0.4 is 0 Å². The molecule has 0 aromatic heterocycles. The highest BCUT2D eigenvalue weighted by Crippen LogP contribution is 2.35. The molecule has 98 valence electrons. The van der Waals surface area contributed by atoms with Crippen molar-refractivity contribution in [2.45, 2.75) is 25.1 Å². The van der Waals surface area contributed by atoms with Crippen molar-refractivity contribution in [2.75, 3.05) is 13.2 Å². The van der Waals surface area contributed by atoms with Crippen LogP contribution in [-0.4, -0.2) is 47.5 Å². The van der Waals surface area contributed by atoms with Crippen LogP contribution in [0.4, 0.5) is 13.2 Å².